The Kier molecular flexibility index (Phi) is 5.74. The van der Waals surface area contributed by atoms with E-state index in [1.807, 2.05) is 0 Å². The summed E-state index contributed by atoms with van der Waals surface area (Å²) in [4.78, 5) is 12.5. The van der Waals surface area contributed by atoms with Crippen molar-refractivity contribution in [3.8, 4) is 0 Å². The standard InChI is InChI=1S/C16H16Cl2N2O3S/c1-11(16(21)19-14-10-6-9-13(17)15(14)18)20(24(2,22)23)12-7-4-3-5-8-12/h3-11H,1-2H3,(H,19,21)/t11-/m1/s1. The fraction of sp³-hybridized carbons (Fsp3) is 0.188. The zero-order valence-corrected chi connectivity index (χ0v) is 15.4. The molecular weight excluding hydrogens is 371 g/mol. The van der Waals surface area contributed by atoms with Crippen molar-refractivity contribution in [2.24, 2.45) is 0 Å². The van der Waals surface area contributed by atoms with Crippen molar-refractivity contribution >= 4 is 50.5 Å². The third-order valence-corrected chi connectivity index (χ3v) is 5.37. The van der Waals surface area contributed by atoms with E-state index in [4.69, 9.17) is 23.2 Å². The molecule has 0 aromatic heterocycles. The number of para-hydroxylation sites is 1. The first-order valence-corrected chi connectivity index (χ1v) is 9.61. The monoisotopic (exact) mass is 386 g/mol. The number of carbonyl (C=O) groups excluding carboxylic acids is 1. The van der Waals surface area contributed by atoms with E-state index in [2.05, 4.69) is 5.32 Å². The van der Waals surface area contributed by atoms with Crippen LogP contribution < -0.4 is 9.62 Å². The highest BCUT2D eigenvalue weighted by Crippen LogP contribution is 2.30. The molecule has 0 radical (unpaired) electrons. The molecule has 0 spiro atoms. The normalized spacial score (nSPS) is 12.5. The van der Waals surface area contributed by atoms with Crippen LogP contribution in [-0.4, -0.2) is 26.6 Å². The molecule has 0 unspecified atom stereocenters. The highest BCUT2D eigenvalue weighted by molar-refractivity contribution is 7.92. The number of hydrogen-bond acceptors (Lipinski definition) is 3. The Bertz CT molecular complexity index is 842. The van der Waals surface area contributed by atoms with E-state index in [1.165, 1.54) is 6.92 Å². The molecule has 0 aliphatic rings. The molecule has 8 heteroatoms. The molecule has 2 aromatic rings. The van der Waals surface area contributed by atoms with Gasteiger partial charge in [0.25, 0.3) is 0 Å². The van der Waals surface area contributed by atoms with Gasteiger partial charge < -0.3 is 5.32 Å². The lowest BCUT2D eigenvalue weighted by atomic mass is 10.2. The van der Waals surface area contributed by atoms with Gasteiger partial charge in [0, 0.05) is 0 Å². The van der Waals surface area contributed by atoms with E-state index >= 15 is 0 Å². The van der Waals surface area contributed by atoms with Gasteiger partial charge in [-0.1, -0.05) is 47.5 Å². The van der Waals surface area contributed by atoms with Crippen LogP contribution in [0.5, 0.6) is 0 Å². The molecule has 0 heterocycles. The Labute approximate surface area is 151 Å². The minimum Gasteiger partial charge on any atom is -0.323 e. The molecule has 1 N–H and O–H groups in total. The molecular formula is C16H16Cl2N2O3S. The van der Waals surface area contributed by atoms with Gasteiger partial charge in [-0.25, -0.2) is 8.42 Å². The lowest BCUT2D eigenvalue weighted by Gasteiger charge is -2.28. The van der Waals surface area contributed by atoms with E-state index in [0.717, 1.165) is 10.6 Å². The van der Waals surface area contributed by atoms with Crippen molar-refractivity contribution < 1.29 is 13.2 Å². The molecule has 128 valence electrons. The zero-order chi connectivity index (χ0) is 17.9. The average molecular weight is 387 g/mol. The fourth-order valence-corrected chi connectivity index (χ4v) is 3.74. The van der Waals surface area contributed by atoms with Crippen LogP contribution in [-0.2, 0) is 14.8 Å². The lowest BCUT2D eigenvalue weighted by Crippen LogP contribution is -2.45. The number of nitrogens with zero attached hydrogens (tertiary/aromatic N) is 1. The lowest BCUT2D eigenvalue weighted by molar-refractivity contribution is -0.116. The Balaban J connectivity index is 2.31. The van der Waals surface area contributed by atoms with Crippen molar-refractivity contribution in [3.05, 3.63) is 58.6 Å². The number of halogens is 2. The van der Waals surface area contributed by atoms with Crippen LogP contribution in [0.4, 0.5) is 11.4 Å². The third kappa shape index (κ3) is 4.20. The van der Waals surface area contributed by atoms with Gasteiger partial charge >= 0.3 is 0 Å². The van der Waals surface area contributed by atoms with Crippen LogP contribution in [0, 0.1) is 0 Å². The number of carbonyl (C=O) groups is 1. The summed E-state index contributed by atoms with van der Waals surface area (Å²) in [5, 5.41) is 3.11. The number of hydrogen-bond donors (Lipinski definition) is 1. The van der Waals surface area contributed by atoms with Crippen LogP contribution in [0.15, 0.2) is 48.5 Å². The molecule has 1 amide bonds. The molecule has 0 saturated heterocycles. The maximum atomic E-state index is 12.5. The van der Waals surface area contributed by atoms with Crippen LogP contribution in [0.2, 0.25) is 10.0 Å². The highest BCUT2D eigenvalue weighted by Gasteiger charge is 2.29. The maximum absolute atomic E-state index is 12.5. The quantitative estimate of drug-likeness (QED) is 0.849. The molecule has 0 bridgehead atoms. The molecule has 0 fully saturated rings. The van der Waals surface area contributed by atoms with E-state index in [9.17, 15) is 13.2 Å². The van der Waals surface area contributed by atoms with Gasteiger partial charge in [-0.3, -0.25) is 9.10 Å². The Hall–Kier alpha value is -1.76. The zero-order valence-electron chi connectivity index (χ0n) is 13.0. The molecule has 2 rings (SSSR count). The van der Waals surface area contributed by atoms with Crippen LogP contribution in [0.3, 0.4) is 0 Å². The smallest absolute Gasteiger partial charge is 0.248 e. The fourth-order valence-electron chi connectivity index (χ4n) is 2.22. The van der Waals surface area contributed by atoms with E-state index in [-0.39, 0.29) is 5.02 Å². The van der Waals surface area contributed by atoms with Crippen LogP contribution >= 0.6 is 23.2 Å². The van der Waals surface area contributed by atoms with Gasteiger partial charge in [0.1, 0.15) is 6.04 Å². The molecule has 24 heavy (non-hydrogen) atoms. The summed E-state index contributed by atoms with van der Waals surface area (Å²) in [5.41, 5.74) is 0.724. The van der Waals surface area contributed by atoms with Gasteiger partial charge in [-0.2, -0.15) is 0 Å². The van der Waals surface area contributed by atoms with Crippen molar-refractivity contribution in [2.45, 2.75) is 13.0 Å². The van der Waals surface area contributed by atoms with Crippen molar-refractivity contribution in [2.75, 3.05) is 15.9 Å². The molecule has 1 atom stereocenters. The molecule has 5 nitrogen and oxygen atoms in total. The number of rotatable bonds is 5. The Morgan fingerprint density at radius 2 is 1.71 bits per heavy atom. The summed E-state index contributed by atoms with van der Waals surface area (Å²) in [7, 11) is -3.66. The minimum atomic E-state index is -3.66. The number of nitrogens with one attached hydrogen (secondary N) is 1. The first-order chi connectivity index (χ1) is 11.2. The van der Waals surface area contributed by atoms with Gasteiger partial charge in [-0.15, -0.1) is 0 Å². The Morgan fingerprint density at radius 3 is 2.29 bits per heavy atom. The van der Waals surface area contributed by atoms with E-state index in [0.29, 0.717) is 16.4 Å². The van der Waals surface area contributed by atoms with Crippen LogP contribution in [0.25, 0.3) is 0 Å². The molecule has 0 aliphatic carbocycles. The summed E-state index contributed by atoms with van der Waals surface area (Å²) in [6.45, 7) is 1.50. The third-order valence-electron chi connectivity index (χ3n) is 3.31. The van der Waals surface area contributed by atoms with Gasteiger partial charge in [-0.05, 0) is 31.2 Å². The maximum Gasteiger partial charge on any atom is 0.248 e. The second-order valence-electron chi connectivity index (χ2n) is 5.16. The predicted molar refractivity (Wildman–Crippen MR) is 98.3 cm³/mol. The molecule has 0 aliphatic heterocycles. The minimum absolute atomic E-state index is 0.199. The SMILES string of the molecule is C[C@H](C(=O)Nc1cccc(Cl)c1Cl)N(c1ccccc1)S(C)(=O)=O. The Morgan fingerprint density at radius 1 is 1.08 bits per heavy atom. The average Bonchev–Trinajstić information content (AvgIpc) is 2.51. The van der Waals surface area contributed by atoms with Crippen molar-refractivity contribution in [1.82, 2.24) is 0 Å². The first kappa shape index (κ1) is 18.6. The highest BCUT2D eigenvalue weighted by atomic mass is 35.5. The number of anilines is 2. The second-order valence-corrected chi connectivity index (χ2v) is 7.81. The summed E-state index contributed by atoms with van der Waals surface area (Å²) in [6, 6.07) is 12.3. The number of benzene rings is 2. The van der Waals surface area contributed by atoms with Gasteiger partial charge in [0.05, 0.1) is 27.7 Å². The second kappa shape index (κ2) is 7.42. The summed E-state index contributed by atoms with van der Waals surface area (Å²) < 4.78 is 25.4. The predicted octanol–water partition coefficient (Wildman–Crippen LogP) is 3.79. The topological polar surface area (TPSA) is 66.5 Å². The van der Waals surface area contributed by atoms with Crippen molar-refractivity contribution in [1.29, 1.82) is 0 Å². The number of amides is 1. The molecule has 0 saturated carbocycles. The largest absolute Gasteiger partial charge is 0.323 e. The van der Waals surface area contributed by atoms with Gasteiger partial charge in [0.2, 0.25) is 15.9 Å². The van der Waals surface area contributed by atoms with E-state index < -0.39 is 22.0 Å². The van der Waals surface area contributed by atoms with E-state index in [1.54, 1.807) is 48.5 Å². The van der Waals surface area contributed by atoms with Crippen LogP contribution in [0.1, 0.15) is 6.92 Å². The summed E-state index contributed by atoms with van der Waals surface area (Å²) in [5.74, 6) is -0.520. The van der Waals surface area contributed by atoms with Crippen molar-refractivity contribution in [3.63, 3.8) is 0 Å². The number of sulfonamides is 1. The van der Waals surface area contributed by atoms with Gasteiger partial charge in [0.15, 0.2) is 0 Å². The summed E-state index contributed by atoms with van der Waals surface area (Å²) in [6.07, 6.45) is 1.05. The summed E-state index contributed by atoms with van der Waals surface area (Å²) >= 11 is 12.0. The first-order valence-electron chi connectivity index (χ1n) is 7.01. The molecule has 2 aromatic carbocycles.